The van der Waals surface area contributed by atoms with Gasteiger partial charge >= 0.3 is 11.9 Å². The van der Waals surface area contributed by atoms with Crippen LogP contribution in [0.25, 0.3) is 0 Å². The predicted molar refractivity (Wildman–Crippen MR) is 349 cm³/mol. The minimum absolute atomic E-state index is 0.0196. The summed E-state index contributed by atoms with van der Waals surface area (Å²) in [5, 5.41) is 49.7. The molecule has 0 fully saturated rings. The number of aliphatic hydroxyl groups excluding tert-OH is 1. The molecule has 0 unspecified atom stereocenters. The molecular formula is C67H120N10O13. The van der Waals surface area contributed by atoms with Crippen LogP contribution in [0.5, 0.6) is 0 Å². The van der Waals surface area contributed by atoms with Crippen LogP contribution >= 0.6 is 0 Å². The molecule has 23 nitrogen and oxygen atoms in total. The van der Waals surface area contributed by atoms with E-state index >= 15 is 0 Å². The summed E-state index contributed by atoms with van der Waals surface area (Å²) in [7, 11) is 0. The van der Waals surface area contributed by atoms with Crippen molar-refractivity contribution in [1.82, 2.24) is 52.5 Å². The molecular weight excluding hydrogens is 1150 g/mol. The number of hydrogen-bond donors (Lipinski definition) is 12. The van der Waals surface area contributed by atoms with Gasteiger partial charge < -0.3 is 62.8 Å². The number of carboxylic acids is 2. The fourth-order valence-corrected chi connectivity index (χ4v) is 10.6. The number of aliphatic hydroxyl groups is 1. The van der Waals surface area contributed by atoms with Crippen molar-refractivity contribution in [3.63, 3.8) is 0 Å². The molecule has 0 saturated carbocycles. The number of aromatic amines is 1. The number of carbonyl (C=O) groups excluding carboxylic acids is 8. The largest absolute Gasteiger partial charge is 0.481 e. The van der Waals surface area contributed by atoms with Gasteiger partial charge in [-0.25, -0.2) is 9.78 Å². The number of nitrogens with zero attached hydrogens (tertiary/aromatic N) is 1. The van der Waals surface area contributed by atoms with Gasteiger partial charge in [0.05, 0.1) is 12.9 Å². The van der Waals surface area contributed by atoms with E-state index in [0.29, 0.717) is 37.9 Å². The normalized spacial score (nSPS) is 13.7. The zero-order valence-corrected chi connectivity index (χ0v) is 56.3. The number of amides is 8. The van der Waals surface area contributed by atoms with Crippen molar-refractivity contribution in [2.75, 3.05) is 13.2 Å². The molecule has 516 valence electrons. The fraction of sp³-hybridized carbons (Fsp3) is 0.806. The van der Waals surface area contributed by atoms with Gasteiger partial charge in [-0.2, -0.15) is 0 Å². The maximum Gasteiger partial charge on any atom is 0.328 e. The topological polar surface area (TPSA) is 356 Å². The number of aliphatic carboxylic acids is 2. The van der Waals surface area contributed by atoms with Crippen LogP contribution in [0.4, 0.5) is 0 Å². The Balaban J connectivity index is 3.19. The number of hydrogen-bond acceptors (Lipinski definition) is 12. The molecule has 1 aromatic rings. The molecule has 0 bridgehead atoms. The van der Waals surface area contributed by atoms with Gasteiger partial charge in [-0.1, -0.05) is 209 Å². The van der Waals surface area contributed by atoms with E-state index in [2.05, 4.69) is 66.3 Å². The van der Waals surface area contributed by atoms with Crippen LogP contribution in [0.2, 0.25) is 0 Å². The molecule has 0 radical (unpaired) electrons. The lowest BCUT2D eigenvalue weighted by molar-refractivity contribution is -0.143. The Morgan fingerprint density at radius 2 is 0.778 bits per heavy atom. The SMILES string of the molecule is CCCCCCCCCCCCCCCC(=O)NCCCC[C@H](NC(=O)CCCCCCCCCCCCCCC)C(=O)N[C@H](C(=O)N[C@@H](Cc1cnc[nH]1)C(=O)N[C@H](C(=O)N[C@@H](CCC(=O)O)C(=O)N[C@H](C(=O)N[C@@H](CO)C(=O)O)C(C)C)C(C)C)C(C)C. The summed E-state index contributed by atoms with van der Waals surface area (Å²) in [6, 6.07) is -9.63. The molecule has 0 aliphatic carbocycles. The monoisotopic (exact) mass is 1270 g/mol. The zero-order valence-electron chi connectivity index (χ0n) is 56.3. The summed E-state index contributed by atoms with van der Waals surface area (Å²) in [6.45, 7) is 13.7. The number of aromatic nitrogens is 2. The van der Waals surface area contributed by atoms with E-state index in [1.807, 2.05) is 0 Å². The number of H-pyrrole nitrogens is 1. The molecule has 7 atom stereocenters. The van der Waals surface area contributed by atoms with Crippen molar-refractivity contribution in [3.05, 3.63) is 18.2 Å². The minimum Gasteiger partial charge on any atom is -0.481 e. The second-order valence-corrected chi connectivity index (χ2v) is 25.6. The van der Waals surface area contributed by atoms with Crippen molar-refractivity contribution >= 4 is 59.2 Å². The second kappa shape index (κ2) is 50.5. The molecule has 1 aromatic heterocycles. The number of imidazole rings is 1. The smallest absolute Gasteiger partial charge is 0.328 e. The Hall–Kier alpha value is -6.13. The first-order chi connectivity index (χ1) is 43.1. The Morgan fingerprint density at radius 1 is 0.411 bits per heavy atom. The van der Waals surface area contributed by atoms with E-state index in [1.165, 1.54) is 128 Å². The van der Waals surface area contributed by atoms with Crippen LogP contribution in [-0.4, -0.2) is 140 Å². The minimum atomic E-state index is -1.68. The molecule has 0 aliphatic rings. The van der Waals surface area contributed by atoms with Crippen molar-refractivity contribution < 1.29 is 63.3 Å². The van der Waals surface area contributed by atoms with Crippen LogP contribution in [0.15, 0.2) is 12.5 Å². The summed E-state index contributed by atoms with van der Waals surface area (Å²) in [5.74, 6) is -10.00. The Bertz CT molecular complexity index is 2200. The molecule has 90 heavy (non-hydrogen) atoms. The van der Waals surface area contributed by atoms with Gasteiger partial charge in [-0.15, -0.1) is 0 Å². The molecule has 12 N–H and O–H groups in total. The van der Waals surface area contributed by atoms with Crippen LogP contribution in [-0.2, 0) is 54.4 Å². The Labute approximate surface area is 538 Å². The first-order valence-corrected chi connectivity index (χ1v) is 34.5. The molecule has 1 rings (SSSR count). The lowest BCUT2D eigenvalue weighted by Crippen LogP contribution is -2.62. The van der Waals surface area contributed by atoms with Gasteiger partial charge in [-0.05, 0) is 56.3 Å². The molecule has 0 spiro atoms. The second-order valence-electron chi connectivity index (χ2n) is 25.6. The van der Waals surface area contributed by atoms with Gasteiger partial charge in [0.25, 0.3) is 0 Å². The van der Waals surface area contributed by atoms with E-state index in [-0.39, 0.29) is 31.1 Å². The van der Waals surface area contributed by atoms with Crippen molar-refractivity contribution in [2.45, 2.75) is 316 Å². The van der Waals surface area contributed by atoms with Gasteiger partial charge in [0.1, 0.15) is 42.3 Å². The highest BCUT2D eigenvalue weighted by Crippen LogP contribution is 2.17. The lowest BCUT2D eigenvalue weighted by Gasteiger charge is -2.30. The summed E-state index contributed by atoms with van der Waals surface area (Å²) in [4.78, 5) is 141. The van der Waals surface area contributed by atoms with E-state index in [1.54, 1.807) is 41.5 Å². The van der Waals surface area contributed by atoms with Crippen molar-refractivity contribution in [1.29, 1.82) is 0 Å². The van der Waals surface area contributed by atoms with Crippen molar-refractivity contribution in [2.24, 2.45) is 17.8 Å². The van der Waals surface area contributed by atoms with E-state index in [4.69, 9.17) is 0 Å². The van der Waals surface area contributed by atoms with Crippen LogP contribution < -0.4 is 42.5 Å². The van der Waals surface area contributed by atoms with E-state index in [0.717, 1.165) is 44.9 Å². The maximum atomic E-state index is 14.4. The van der Waals surface area contributed by atoms with E-state index in [9.17, 15) is 63.3 Å². The number of carbonyl (C=O) groups is 10. The molecule has 23 heteroatoms. The average molecular weight is 1270 g/mol. The highest BCUT2D eigenvalue weighted by molar-refractivity contribution is 5.97. The van der Waals surface area contributed by atoms with Gasteiger partial charge in [0, 0.05) is 44.1 Å². The fourth-order valence-electron chi connectivity index (χ4n) is 10.6. The molecule has 0 saturated heterocycles. The quantitative estimate of drug-likeness (QED) is 0.0272. The Kier molecular flexibility index (Phi) is 46.0. The third-order valence-electron chi connectivity index (χ3n) is 16.3. The molecule has 8 amide bonds. The van der Waals surface area contributed by atoms with Gasteiger partial charge in [-0.3, -0.25) is 43.2 Å². The molecule has 0 aromatic carbocycles. The summed E-state index contributed by atoms with van der Waals surface area (Å²) in [6.07, 6.45) is 34.4. The summed E-state index contributed by atoms with van der Waals surface area (Å²) < 4.78 is 0. The van der Waals surface area contributed by atoms with Crippen LogP contribution in [0.1, 0.15) is 273 Å². The Morgan fingerprint density at radius 3 is 1.14 bits per heavy atom. The molecule has 0 aliphatic heterocycles. The first kappa shape index (κ1) is 81.9. The maximum absolute atomic E-state index is 14.4. The number of nitrogens with one attached hydrogen (secondary N) is 9. The summed E-state index contributed by atoms with van der Waals surface area (Å²) in [5.41, 5.74) is 0.427. The predicted octanol–water partition coefficient (Wildman–Crippen LogP) is 8.50. The molecule has 1 heterocycles. The third-order valence-corrected chi connectivity index (χ3v) is 16.3. The van der Waals surface area contributed by atoms with Crippen LogP contribution in [0, 0.1) is 17.8 Å². The average Bonchev–Trinajstić information content (AvgIpc) is 2.10. The van der Waals surface area contributed by atoms with Crippen LogP contribution in [0.3, 0.4) is 0 Å². The summed E-state index contributed by atoms with van der Waals surface area (Å²) >= 11 is 0. The standard InChI is InChI=1S/C67H120N10O13/c1-9-11-13-15-17-19-21-23-25-27-29-31-33-38-55(79)69-42-36-35-37-51(71-56(80)39-34-32-30-28-26-24-22-20-18-16-14-12-10-2)61(83)75-59(48(5)6)65(87)73-53(43-50-44-68-46-70-50)63(85)77-58(47(3)4)64(86)72-52(40-41-57(81)82)62(84)76-60(49(7)8)66(88)74-54(45-78)67(89)90/h44,46-49,51-54,58-60,78H,9-43,45H2,1-8H3,(H,68,70)(H,69,79)(H,71,80)(H,72,86)(H,73,87)(H,74,88)(H,75,83)(H,76,84)(H,77,85)(H,81,82)(H,89,90)/t51-,52-,53-,54-,58-,59-,60-/m0/s1. The van der Waals surface area contributed by atoms with E-state index < -0.39 is 127 Å². The number of unbranched alkanes of at least 4 members (excludes halogenated alkanes) is 25. The lowest BCUT2D eigenvalue weighted by atomic mass is 9.99. The van der Waals surface area contributed by atoms with Crippen molar-refractivity contribution in [3.8, 4) is 0 Å². The number of rotatable bonds is 56. The zero-order chi connectivity index (χ0) is 67.1. The highest BCUT2D eigenvalue weighted by Gasteiger charge is 2.36. The number of carboxylic acid groups (broad SMARTS) is 2. The third kappa shape index (κ3) is 38.5. The van der Waals surface area contributed by atoms with Gasteiger partial charge in [0.15, 0.2) is 0 Å². The highest BCUT2D eigenvalue weighted by atomic mass is 16.4. The van der Waals surface area contributed by atoms with Gasteiger partial charge in [0.2, 0.25) is 47.3 Å². The first-order valence-electron chi connectivity index (χ1n) is 34.5.